The molecule has 0 unspecified atom stereocenters. The maximum absolute atomic E-state index is 14.9. The highest BCUT2D eigenvalue weighted by Gasteiger charge is 2.56. The average molecular weight is 415 g/mol. The number of hydrogen-bond donors (Lipinski definition) is 0. The van der Waals surface area contributed by atoms with Crippen LogP contribution in [0.5, 0.6) is 0 Å². The molecule has 2 aromatic carbocycles. The van der Waals surface area contributed by atoms with Crippen molar-refractivity contribution in [2.24, 2.45) is 0 Å². The van der Waals surface area contributed by atoms with Crippen molar-refractivity contribution in [3.05, 3.63) is 60.7 Å². The smallest absolute Gasteiger partial charge is 0.261 e. The molecule has 2 atom stereocenters. The van der Waals surface area contributed by atoms with Crippen molar-refractivity contribution < 1.29 is 17.7 Å². The lowest BCUT2D eigenvalue weighted by Crippen LogP contribution is -2.68. The molecule has 3 nitrogen and oxygen atoms in total. The van der Waals surface area contributed by atoms with Gasteiger partial charge in [0.2, 0.25) is 5.91 Å². The fourth-order valence-electron chi connectivity index (χ4n) is 4.75. The molecule has 2 heterocycles. The SMILES string of the molecule is [2H]C([2H])(O[Si](c1ccccc1)(c1ccccc1)C(C)(C)C)[C@@]12CCC(=O)N1C[C@]([2H])(F)C2. The van der Waals surface area contributed by atoms with Crippen LogP contribution in [0.4, 0.5) is 4.39 Å². The summed E-state index contributed by atoms with van der Waals surface area (Å²) in [6.07, 6.45) is -2.50. The van der Waals surface area contributed by atoms with Crippen molar-refractivity contribution in [3.63, 3.8) is 0 Å². The third-order valence-electron chi connectivity index (χ3n) is 6.20. The largest absolute Gasteiger partial charge is 0.405 e. The highest BCUT2D eigenvalue weighted by molar-refractivity contribution is 6.99. The van der Waals surface area contributed by atoms with Gasteiger partial charge in [-0.05, 0) is 21.8 Å². The van der Waals surface area contributed by atoms with Crippen LogP contribution in [0, 0.1) is 0 Å². The molecule has 0 bridgehead atoms. The van der Waals surface area contributed by atoms with Gasteiger partial charge in [-0.25, -0.2) is 4.39 Å². The second kappa shape index (κ2) is 7.37. The van der Waals surface area contributed by atoms with Crippen molar-refractivity contribution in [2.75, 3.05) is 13.1 Å². The van der Waals surface area contributed by atoms with E-state index in [0.717, 1.165) is 10.4 Å². The predicted octanol–water partition coefficient (Wildman–Crippen LogP) is 3.67. The molecule has 1 amide bonds. The summed E-state index contributed by atoms with van der Waals surface area (Å²) >= 11 is 0. The molecule has 0 radical (unpaired) electrons. The number of halogens is 1. The van der Waals surface area contributed by atoms with E-state index in [1.54, 1.807) is 0 Å². The molecule has 2 aromatic rings. The molecule has 0 aromatic heterocycles. The zero-order valence-electron chi connectivity index (χ0n) is 20.2. The second-order valence-electron chi connectivity index (χ2n) is 9.07. The monoisotopic (exact) mass is 414 g/mol. The van der Waals surface area contributed by atoms with Crippen molar-refractivity contribution in [1.29, 1.82) is 0 Å². The summed E-state index contributed by atoms with van der Waals surface area (Å²) in [6.45, 7) is 3.37. The van der Waals surface area contributed by atoms with Crippen LogP contribution in [0.25, 0.3) is 0 Å². The van der Waals surface area contributed by atoms with Crippen LogP contribution < -0.4 is 10.4 Å². The van der Waals surface area contributed by atoms with Crippen LogP contribution in [0.15, 0.2) is 60.7 Å². The number of carbonyl (C=O) groups excluding carboxylic acids is 1. The molecule has 4 rings (SSSR count). The average Bonchev–Trinajstić information content (AvgIpc) is 3.19. The molecule has 0 aliphatic carbocycles. The number of rotatable bonds is 5. The molecule has 0 N–H and O–H groups in total. The Morgan fingerprint density at radius 1 is 1.17 bits per heavy atom. The minimum absolute atomic E-state index is 0.139. The first-order chi connectivity index (χ1) is 14.8. The van der Waals surface area contributed by atoms with E-state index in [4.69, 9.17) is 5.80 Å². The number of alkyl halides is 1. The zero-order valence-corrected chi connectivity index (χ0v) is 18.2. The molecule has 5 heteroatoms. The number of benzene rings is 2. The highest BCUT2D eigenvalue weighted by Crippen LogP contribution is 2.43. The molecule has 2 aliphatic rings. The van der Waals surface area contributed by atoms with Gasteiger partial charge in [0.25, 0.3) is 8.32 Å². The van der Waals surface area contributed by atoms with E-state index >= 15 is 0 Å². The Bertz CT molecular complexity index is 958. The van der Waals surface area contributed by atoms with Crippen LogP contribution in [-0.4, -0.2) is 43.9 Å². The molecule has 0 spiro atoms. The minimum atomic E-state index is -3.28. The van der Waals surface area contributed by atoms with E-state index in [2.05, 4.69) is 0 Å². The maximum atomic E-state index is 14.9. The van der Waals surface area contributed by atoms with Crippen molar-refractivity contribution in [1.82, 2.24) is 4.90 Å². The standard InChI is InChI=1S/C24H30FNO2Si/c1-23(2,3)29(20-10-6-4-7-11-20,21-12-8-5-9-13-21)28-18-24-15-14-22(27)26(24)17-19(25)16-24/h4-13,19H,14-18H2,1-3H3/t19-,24+/m1/s1/i18D2,19D. The summed E-state index contributed by atoms with van der Waals surface area (Å²) < 4.78 is 47.9. The Balaban J connectivity index is 1.91. The first kappa shape index (κ1) is 16.8. The van der Waals surface area contributed by atoms with Crippen molar-refractivity contribution >= 4 is 24.6 Å². The molecule has 29 heavy (non-hydrogen) atoms. The van der Waals surface area contributed by atoms with Crippen LogP contribution in [0.2, 0.25) is 5.04 Å². The zero-order chi connectivity index (χ0) is 23.4. The first-order valence-corrected chi connectivity index (χ1v) is 12.1. The van der Waals surface area contributed by atoms with E-state index < -0.39 is 44.6 Å². The van der Waals surface area contributed by atoms with Crippen LogP contribution in [-0.2, 0) is 9.22 Å². The van der Waals surface area contributed by atoms with Gasteiger partial charge in [0, 0.05) is 12.8 Å². The van der Waals surface area contributed by atoms with E-state index in [9.17, 15) is 11.9 Å². The summed E-state index contributed by atoms with van der Waals surface area (Å²) in [5.74, 6) is -0.313. The molecule has 2 fully saturated rings. The van der Waals surface area contributed by atoms with E-state index in [-0.39, 0.29) is 18.7 Å². The van der Waals surface area contributed by atoms with Gasteiger partial charge in [0.05, 0.1) is 22.8 Å². The number of amides is 1. The van der Waals surface area contributed by atoms with Crippen LogP contribution in [0.3, 0.4) is 0 Å². The van der Waals surface area contributed by atoms with Crippen molar-refractivity contribution in [2.45, 2.75) is 56.8 Å². The number of hydrogen-bond acceptors (Lipinski definition) is 2. The van der Waals surface area contributed by atoms with Crippen LogP contribution in [0.1, 0.15) is 44.1 Å². The maximum Gasteiger partial charge on any atom is 0.261 e. The Kier molecular flexibility index (Phi) is 4.26. The Hall–Kier alpha value is -1.98. The molecule has 154 valence electrons. The van der Waals surface area contributed by atoms with Gasteiger partial charge in [-0.1, -0.05) is 81.4 Å². The Morgan fingerprint density at radius 3 is 2.24 bits per heavy atom. The van der Waals surface area contributed by atoms with Gasteiger partial charge in [0.15, 0.2) is 0 Å². The summed E-state index contributed by atoms with van der Waals surface area (Å²) in [6, 6.07) is 19.4. The second-order valence-corrected chi connectivity index (χ2v) is 13.3. The van der Waals surface area contributed by atoms with Gasteiger partial charge in [-0.3, -0.25) is 4.79 Å². The lowest BCUT2D eigenvalue weighted by atomic mass is 9.95. The van der Waals surface area contributed by atoms with Crippen molar-refractivity contribution in [3.8, 4) is 0 Å². The number of carbonyl (C=O) groups is 1. The quantitative estimate of drug-likeness (QED) is 0.699. The Labute approximate surface area is 178 Å². The summed E-state index contributed by atoms with van der Waals surface area (Å²) in [7, 11) is -3.28. The summed E-state index contributed by atoms with van der Waals surface area (Å²) in [5, 5.41) is 1.34. The number of fused-ring (bicyclic) bond motifs is 1. The van der Waals surface area contributed by atoms with E-state index in [1.807, 2.05) is 81.4 Å². The predicted molar refractivity (Wildman–Crippen MR) is 117 cm³/mol. The Morgan fingerprint density at radius 2 is 1.72 bits per heavy atom. The molecular weight excluding hydrogens is 381 g/mol. The first-order valence-electron chi connectivity index (χ1n) is 11.7. The summed E-state index contributed by atoms with van der Waals surface area (Å²) in [5.41, 5.74) is -1.49. The van der Waals surface area contributed by atoms with Gasteiger partial charge < -0.3 is 9.33 Å². The van der Waals surface area contributed by atoms with Gasteiger partial charge in [-0.2, -0.15) is 0 Å². The molecule has 0 saturated carbocycles. The summed E-state index contributed by atoms with van der Waals surface area (Å²) in [4.78, 5) is 13.8. The normalized spacial score (nSPS) is 29.3. The highest BCUT2D eigenvalue weighted by atomic mass is 28.4. The molecular formula is C24H30FNO2Si. The minimum Gasteiger partial charge on any atom is -0.405 e. The fraction of sp³-hybridized carbons (Fsp3) is 0.458. The topological polar surface area (TPSA) is 29.5 Å². The number of nitrogens with zero attached hydrogens (tertiary/aromatic N) is 1. The molecule has 2 saturated heterocycles. The lowest BCUT2D eigenvalue weighted by Gasteiger charge is -2.45. The van der Waals surface area contributed by atoms with E-state index in [1.165, 1.54) is 4.90 Å². The van der Waals surface area contributed by atoms with Gasteiger partial charge in [0.1, 0.15) is 6.15 Å². The fourth-order valence-corrected chi connectivity index (χ4v) is 9.03. The lowest BCUT2D eigenvalue weighted by molar-refractivity contribution is -0.130. The van der Waals surface area contributed by atoms with Gasteiger partial charge >= 0.3 is 0 Å². The third kappa shape index (κ3) is 3.34. The van der Waals surface area contributed by atoms with E-state index in [0.29, 0.717) is 0 Å². The molecule has 2 aliphatic heterocycles. The van der Waals surface area contributed by atoms with Gasteiger partial charge in [-0.15, -0.1) is 0 Å². The van der Waals surface area contributed by atoms with Crippen LogP contribution >= 0.6 is 0 Å². The third-order valence-corrected chi connectivity index (χ3v) is 11.0.